The van der Waals surface area contributed by atoms with Crippen molar-refractivity contribution in [3.8, 4) is 0 Å². The van der Waals surface area contributed by atoms with Crippen LogP contribution >= 0.6 is 0 Å². The summed E-state index contributed by atoms with van der Waals surface area (Å²) in [6.45, 7) is 4.87. The van der Waals surface area contributed by atoms with Crippen LogP contribution in [0.15, 0.2) is 30.3 Å². The van der Waals surface area contributed by atoms with E-state index in [1.54, 1.807) is 0 Å². The van der Waals surface area contributed by atoms with Crippen molar-refractivity contribution in [3.63, 3.8) is 0 Å². The number of rotatable bonds is 17. The highest BCUT2D eigenvalue weighted by Crippen LogP contribution is 2.11. The zero-order chi connectivity index (χ0) is 23.4. The van der Waals surface area contributed by atoms with Gasteiger partial charge in [0.15, 0.2) is 0 Å². The van der Waals surface area contributed by atoms with Crippen molar-refractivity contribution in [1.29, 1.82) is 0 Å². The summed E-state index contributed by atoms with van der Waals surface area (Å²) in [5.74, 6) is -1.03. The van der Waals surface area contributed by atoms with Crippen LogP contribution in [0.2, 0.25) is 0 Å². The SMILES string of the molecule is CCCCCCOC(=O)CC(CC(=O)OCCCCCC)OC(=O)OCc1ccccc1. The van der Waals surface area contributed by atoms with Gasteiger partial charge in [0.1, 0.15) is 12.7 Å². The van der Waals surface area contributed by atoms with Crippen LogP contribution in [0.5, 0.6) is 0 Å². The molecule has 0 unspecified atom stereocenters. The van der Waals surface area contributed by atoms with Crippen LogP contribution < -0.4 is 0 Å². The largest absolute Gasteiger partial charge is 0.508 e. The van der Waals surface area contributed by atoms with Gasteiger partial charge in [0.25, 0.3) is 0 Å². The molecular formula is C25H38O7. The fraction of sp³-hybridized carbons (Fsp3) is 0.640. The fourth-order valence-corrected chi connectivity index (χ4v) is 2.96. The van der Waals surface area contributed by atoms with Gasteiger partial charge in [-0.3, -0.25) is 9.59 Å². The predicted octanol–water partition coefficient (Wildman–Crippen LogP) is 5.74. The van der Waals surface area contributed by atoms with Gasteiger partial charge in [0.2, 0.25) is 0 Å². The number of hydrogen-bond acceptors (Lipinski definition) is 7. The lowest BCUT2D eigenvalue weighted by atomic mass is 10.2. The summed E-state index contributed by atoms with van der Waals surface area (Å²) < 4.78 is 20.8. The molecule has 32 heavy (non-hydrogen) atoms. The molecule has 0 amide bonds. The van der Waals surface area contributed by atoms with Crippen molar-refractivity contribution < 1.29 is 33.3 Å². The second kappa shape index (κ2) is 18.0. The summed E-state index contributed by atoms with van der Waals surface area (Å²) in [7, 11) is 0. The van der Waals surface area contributed by atoms with Crippen LogP contribution in [-0.4, -0.2) is 37.4 Å². The van der Waals surface area contributed by atoms with E-state index in [9.17, 15) is 14.4 Å². The Morgan fingerprint density at radius 3 is 1.75 bits per heavy atom. The van der Waals surface area contributed by atoms with E-state index in [1.165, 1.54) is 0 Å². The molecule has 0 radical (unpaired) electrons. The van der Waals surface area contributed by atoms with Crippen LogP contribution in [0.3, 0.4) is 0 Å². The highest BCUT2D eigenvalue weighted by atomic mass is 16.7. The lowest BCUT2D eigenvalue weighted by Crippen LogP contribution is -2.27. The molecule has 0 atom stereocenters. The highest BCUT2D eigenvalue weighted by Gasteiger charge is 2.24. The van der Waals surface area contributed by atoms with E-state index in [0.29, 0.717) is 13.2 Å². The normalized spacial score (nSPS) is 10.6. The van der Waals surface area contributed by atoms with Gasteiger partial charge in [0.05, 0.1) is 26.1 Å². The lowest BCUT2D eigenvalue weighted by Gasteiger charge is -2.17. The maximum absolute atomic E-state index is 12.2. The van der Waals surface area contributed by atoms with Gasteiger partial charge < -0.3 is 18.9 Å². The van der Waals surface area contributed by atoms with Crippen molar-refractivity contribution in [2.45, 2.75) is 90.8 Å². The number of hydrogen-bond donors (Lipinski definition) is 0. The van der Waals surface area contributed by atoms with Crippen molar-refractivity contribution in [3.05, 3.63) is 35.9 Å². The van der Waals surface area contributed by atoms with Crippen LogP contribution in [0.25, 0.3) is 0 Å². The smallest absolute Gasteiger partial charge is 0.466 e. The van der Waals surface area contributed by atoms with Crippen molar-refractivity contribution in [2.24, 2.45) is 0 Å². The molecule has 1 aromatic rings. The molecule has 0 aromatic heterocycles. The number of carbonyl (C=O) groups excluding carboxylic acids is 3. The summed E-state index contributed by atoms with van der Waals surface area (Å²) in [4.78, 5) is 36.4. The first-order valence-electron chi connectivity index (χ1n) is 11.7. The van der Waals surface area contributed by atoms with E-state index in [-0.39, 0.29) is 19.4 Å². The van der Waals surface area contributed by atoms with Crippen molar-refractivity contribution >= 4 is 18.1 Å². The summed E-state index contributed by atoms with van der Waals surface area (Å²) in [6.07, 6.45) is 5.51. The molecule has 0 aliphatic heterocycles. The summed E-state index contributed by atoms with van der Waals surface area (Å²) in [5, 5.41) is 0. The Kier molecular flexibility index (Phi) is 15.5. The number of esters is 2. The molecule has 7 nitrogen and oxygen atoms in total. The standard InChI is InChI=1S/C25H38O7/c1-3-5-7-12-16-29-23(26)18-22(19-24(27)30-17-13-8-6-4-2)32-25(28)31-20-21-14-10-9-11-15-21/h9-11,14-15,22H,3-8,12-13,16-20H2,1-2H3. The van der Waals surface area contributed by atoms with Crippen LogP contribution in [0, 0.1) is 0 Å². The molecule has 0 N–H and O–H groups in total. The first-order chi connectivity index (χ1) is 15.5. The molecule has 1 rings (SSSR count). The van der Waals surface area contributed by atoms with E-state index in [2.05, 4.69) is 13.8 Å². The van der Waals surface area contributed by atoms with Gasteiger partial charge in [-0.1, -0.05) is 82.7 Å². The van der Waals surface area contributed by atoms with Crippen molar-refractivity contribution in [1.82, 2.24) is 0 Å². The molecule has 0 saturated heterocycles. The molecule has 0 aliphatic carbocycles. The summed E-state index contributed by atoms with van der Waals surface area (Å²) >= 11 is 0. The Morgan fingerprint density at radius 1 is 0.719 bits per heavy atom. The molecule has 0 bridgehead atoms. The van der Waals surface area contributed by atoms with Crippen molar-refractivity contribution in [2.75, 3.05) is 13.2 Å². The van der Waals surface area contributed by atoms with E-state index in [1.807, 2.05) is 30.3 Å². The quantitative estimate of drug-likeness (QED) is 0.170. The van der Waals surface area contributed by atoms with Crippen LogP contribution in [0.4, 0.5) is 4.79 Å². The molecule has 1 aromatic carbocycles. The van der Waals surface area contributed by atoms with Gasteiger partial charge in [-0.05, 0) is 18.4 Å². The average Bonchev–Trinajstić information content (AvgIpc) is 2.78. The van der Waals surface area contributed by atoms with Crippen LogP contribution in [-0.2, 0) is 35.1 Å². The molecule has 0 aliphatic rings. The van der Waals surface area contributed by atoms with Gasteiger partial charge >= 0.3 is 18.1 Å². The van der Waals surface area contributed by atoms with Gasteiger partial charge in [0, 0.05) is 0 Å². The summed E-state index contributed by atoms with van der Waals surface area (Å²) in [5.41, 5.74) is 0.805. The van der Waals surface area contributed by atoms with Gasteiger partial charge in [-0.2, -0.15) is 0 Å². The third-order valence-electron chi connectivity index (χ3n) is 4.77. The highest BCUT2D eigenvalue weighted by molar-refractivity contribution is 5.74. The minimum Gasteiger partial charge on any atom is -0.466 e. The lowest BCUT2D eigenvalue weighted by molar-refractivity contribution is -0.150. The van der Waals surface area contributed by atoms with E-state index >= 15 is 0 Å². The number of benzene rings is 1. The Labute approximate surface area is 191 Å². The fourth-order valence-electron chi connectivity index (χ4n) is 2.96. The number of ether oxygens (including phenoxy) is 4. The predicted molar refractivity (Wildman–Crippen MR) is 121 cm³/mol. The minimum atomic E-state index is -0.996. The Hall–Kier alpha value is -2.57. The van der Waals surface area contributed by atoms with Gasteiger partial charge in [-0.25, -0.2) is 4.79 Å². The second-order valence-electron chi connectivity index (χ2n) is 7.73. The minimum absolute atomic E-state index is 0.0378. The third-order valence-corrected chi connectivity index (χ3v) is 4.77. The zero-order valence-corrected chi connectivity index (χ0v) is 19.5. The Morgan fingerprint density at radius 2 is 1.25 bits per heavy atom. The number of carbonyl (C=O) groups is 3. The van der Waals surface area contributed by atoms with E-state index < -0.39 is 24.2 Å². The molecule has 0 heterocycles. The topological polar surface area (TPSA) is 88.1 Å². The van der Waals surface area contributed by atoms with Crippen LogP contribution in [0.1, 0.15) is 83.6 Å². The first-order valence-corrected chi connectivity index (χ1v) is 11.7. The van der Waals surface area contributed by atoms with Gasteiger partial charge in [-0.15, -0.1) is 0 Å². The Balaban J connectivity index is 2.49. The zero-order valence-electron chi connectivity index (χ0n) is 19.5. The number of unbranched alkanes of at least 4 members (excludes halogenated alkanes) is 6. The third kappa shape index (κ3) is 14.4. The maximum atomic E-state index is 12.2. The molecule has 0 saturated carbocycles. The average molecular weight is 451 g/mol. The Bertz CT molecular complexity index is 617. The monoisotopic (exact) mass is 450 g/mol. The molecule has 180 valence electrons. The summed E-state index contributed by atoms with van der Waals surface area (Å²) in [6, 6.07) is 9.16. The first kappa shape index (κ1) is 27.5. The molecule has 0 fully saturated rings. The molecule has 7 heteroatoms. The maximum Gasteiger partial charge on any atom is 0.508 e. The second-order valence-corrected chi connectivity index (χ2v) is 7.73. The van der Waals surface area contributed by atoms with E-state index in [4.69, 9.17) is 18.9 Å². The molecule has 0 spiro atoms. The molecular weight excluding hydrogens is 412 g/mol. The van der Waals surface area contributed by atoms with E-state index in [0.717, 1.165) is 56.9 Å².